The zero-order valence-corrected chi connectivity index (χ0v) is 13.6. The molecule has 1 aliphatic heterocycles. The number of thiophene rings is 1. The average molecular weight is 367 g/mol. The van der Waals surface area contributed by atoms with Gasteiger partial charge in [-0.25, -0.2) is 8.42 Å². The van der Waals surface area contributed by atoms with E-state index in [0.717, 1.165) is 9.35 Å². The van der Waals surface area contributed by atoms with Crippen LogP contribution in [0, 0.1) is 12.8 Å². The number of aryl methyl sites for hydroxylation is 1. The number of hydrogen-bond donors (Lipinski definition) is 1. The van der Waals surface area contributed by atoms with E-state index in [1.807, 2.05) is 6.92 Å². The van der Waals surface area contributed by atoms with E-state index in [1.54, 1.807) is 6.07 Å². The molecule has 1 fully saturated rings. The van der Waals surface area contributed by atoms with Crippen LogP contribution in [0.15, 0.2) is 14.1 Å². The predicted molar refractivity (Wildman–Crippen MR) is 77.4 cm³/mol. The molecule has 19 heavy (non-hydrogen) atoms. The van der Waals surface area contributed by atoms with E-state index in [-0.39, 0.29) is 12.5 Å². The van der Waals surface area contributed by atoms with Crippen molar-refractivity contribution >= 4 is 43.2 Å². The second-order valence-electron chi connectivity index (χ2n) is 4.63. The Kier molecular flexibility index (Phi) is 4.34. The van der Waals surface area contributed by atoms with E-state index in [9.17, 15) is 13.2 Å². The maximum atomic E-state index is 12.5. The van der Waals surface area contributed by atoms with E-state index < -0.39 is 15.9 Å². The minimum absolute atomic E-state index is 0.187. The first kappa shape index (κ1) is 15.0. The molecule has 1 atom stereocenters. The van der Waals surface area contributed by atoms with Gasteiger partial charge in [0.15, 0.2) is 0 Å². The fourth-order valence-electron chi connectivity index (χ4n) is 2.08. The smallest absolute Gasteiger partial charge is 0.252 e. The number of sulfonamides is 1. The summed E-state index contributed by atoms with van der Waals surface area (Å²) in [6.07, 6.45) is 1.33. The lowest BCUT2D eigenvalue weighted by Gasteiger charge is -2.29. The van der Waals surface area contributed by atoms with Crippen molar-refractivity contribution in [3.05, 3.63) is 15.4 Å². The lowest BCUT2D eigenvalue weighted by molar-refractivity contribution is -0.122. The number of rotatable bonds is 3. The zero-order chi connectivity index (χ0) is 14.2. The number of piperidine rings is 1. The van der Waals surface area contributed by atoms with Crippen molar-refractivity contribution in [2.24, 2.45) is 11.7 Å². The molecule has 5 nitrogen and oxygen atoms in total. The third kappa shape index (κ3) is 3.01. The van der Waals surface area contributed by atoms with Gasteiger partial charge < -0.3 is 5.73 Å². The number of primary amides is 1. The van der Waals surface area contributed by atoms with Gasteiger partial charge in [-0.15, -0.1) is 11.3 Å². The Morgan fingerprint density at radius 2 is 2.26 bits per heavy atom. The van der Waals surface area contributed by atoms with Crippen LogP contribution in [0.3, 0.4) is 0 Å². The van der Waals surface area contributed by atoms with E-state index in [0.29, 0.717) is 23.6 Å². The monoisotopic (exact) mass is 366 g/mol. The Morgan fingerprint density at radius 1 is 1.58 bits per heavy atom. The van der Waals surface area contributed by atoms with Gasteiger partial charge in [-0.2, -0.15) is 4.31 Å². The molecule has 0 spiro atoms. The molecule has 8 heteroatoms. The molecule has 106 valence electrons. The van der Waals surface area contributed by atoms with Gasteiger partial charge in [0, 0.05) is 13.1 Å². The Bertz CT molecular complexity index is 578. The van der Waals surface area contributed by atoms with Gasteiger partial charge in [0.1, 0.15) is 4.21 Å². The molecule has 2 rings (SSSR count). The van der Waals surface area contributed by atoms with Crippen LogP contribution in [-0.4, -0.2) is 31.7 Å². The van der Waals surface area contributed by atoms with Crippen molar-refractivity contribution in [1.82, 2.24) is 4.31 Å². The highest BCUT2D eigenvalue weighted by molar-refractivity contribution is 9.11. The van der Waals surface area contributed by atoms with Crippen molar-refractivity contribution in [3.8, 4) is 0 Å². The number of hydrogen-bond acceptors (Lipinski definition) is 4. The molecular formula is C11H15BrN2O3S2. The molecule has 0 bridgehead atoms. The lowest BCUT2D eigenvalue weighted by atomic mass is 9.99. The molecule has 1 aromatic rings. The van der Waals surface area contributed by atoms with Gasteiger partial charge in [0.05, 0.1) is 9.70 Å². The van der Waals surface area contributed by atoms with Gasteiger partial charge in [-0.05, 0) is 47.3 Å². The summed E-state index contributed by atoms with van der Waals surface area (Å²) in [6.45, 7) is 2.48. The molecule has 1 unspecified atom stereocenters. The number of carbonyl (C=O) groups excluding carboxylic acids is 1. The van der Waals surface area contributed by atoms with Gasteiger partial charge in [0.25, 0.3) is 10.0 Å². The first-order chi connectivity index (χ1) is 8.82. The average Bonchev–Trinajstić information content (AvgIpc) is 2.70. The molecule has 0 saturated carbocycles. The summed E-state index contributed by atoms with van der Waals surface area (Å²) >= 11 is 4.52. The van der Waals surface area contributed by atoms with E-state index in [2.05, 4.69) is 15.9 Å². The highest BCUT2D eigenvalue weighted by atomic mass is 79.9. The number of amides is 1. The van der Waals surface area contributed by atoms with Gasteiger partial charge >= 0.3 is 0 Å². The summed E-state index contributed by atoms with van der Waals surface area (Å²) in [6, 6.07) is 1.65. The van der Waals surface area contributed by atoms with Gasteiger partial charge in [0.2, 0.25) is 5.91 Å². The normalized spacial score (nSPS) is 21.5. The fraction of sp³-hybridized carbons (Fsp3) is 0.545. The number of nitrogens with two attached hydrogens (primary N) is 1. The molecule has 2 N–H and O–H groups in total. The van der Waals surface area contributed by atoms with Crippen LogP contribution in [0.5, 0.6) is 0 Å². The Labute approximate surface area is 125 Å². The highest BCUT2D eigenvalue weighted by Gasteiger charge is 2.33. The number of halogens is 1. The summed E-state index contributed by atoms with van der Waals surface area (Å²) in [4.78, 5) is 11.2. The standard InChI is InChI=1S/C11H15BrN2O3S2/c1-7-5-9(18-10(7)12)19(16,17)14-4-2-3-8(6-14)11(13)15/h5,8H,2-4,6H2,1H3,(H2,13,15). The summed E-state index contributed by atoms with van der Waals surface area (Å²) in [5.74, 6) is -0.809. The largest absolute Gasteiger partial charge is 0.369 e. The van der Waals surface area contributed by atoms with Crippen molar-refractivity contribution in [3.63, 3.8) is 0 Å². The quantitative estimate of drug-likeness (QED) is 0.883. The van der Waals surface area contributed by atoms with Crippen LogP contribution >= 0.6 is 27.3 Å². The van der Waals surface area contributed by atoms with E-state index in [1.165, 1.54) is 15.6 Å². The van der Waals surface area contributed by atoms with Crippen LogP contribution in [-0.2, 0) is 14.8 Å². The van der Waals surface area contributed by atoms with Gasteiger partial charge in [-0.1, -0.05) is 0 Å². The maximum absolute atomic E-state index is 12.5. The van der Waals surface area contributed by atoms with E-state index >= 15 is 0 Å². The summed E-state index contributed by atoms with van der Waals surface area (Å²) in [7, 11) is -3.52. The molecule has 1 aliphatic rings. The fourth-order valence-corrected chi connectivity index (χ4v) is 5.98. The Hall–Kier alpha value is -0.440. The van der Waals surface area contributed by atoms with Crippen molar-refractivity contribution in [2.45, 2.75) is 24.0 Å². The third-order valence-electron chi connectivity index (χ3n) is 3.22. The second kappa shape index (κ2) is 5.51. The molecule has 0 aliphatic carbocycles. The first-order valence-corrected chi connectivity index (χ1v) is 8.92. The van der Waals surface area contributed by atoms with Crippen LogP contribution in [0.4, 0.5) is 0 Å². The summed E-state index contributed by atoms with van der Waals surface area (Å²) < 4.78 is 27.5. The number of nitrogens with zero attached hydrogens (tertiary/aromatic N) is 1. The van der Waals surface area contributed by atoms with Crippen molar-refractivity contribution < 1.29 is 13.2 Å². The third-order valence-corrected chi connectivity index (χ3v) is 7.67. The van der Waals surface area contributed by atoms with Crippen molar-refractivity contribution in [1.29, 1.82) is 0 Å². The Morgan fingerprint density at radius 3 is 2.79 bits per heavy atom. The van der Waals surface area contributed by atoms with E-state index in [4.69, 9.17) is 5.73 Å². The molecular weight excluding hydrogens is 352 g/mol. The first-order valence-electron chi connectivity index (χ1n) is 5.88. The molecule has 0 aromatic carbocycles. The summed E-state index contributed by atoms with van der Waals surface area (Å²) in [5.41, 5.74) is 6.17. The molecule has 2 heterocycles. The minimum atomic E-state index is -3.52. The topological polar surface area (TPSA) is 80.5 Å². The Balaban J connectivity index is 2.26. The van der Waals surface area contributed by atoms with Crippen LogP contribution in [0.1, 0.15) is 18.4 Å². The predicted octanol–water partition coefficient (Wildman–Crippen LogP) is 1.71. The highest BCUT2D eigenvalue weighted by Crippen LogP contribution is 2.33. The van der Waals surface area contributed by atoms with Crippen LogP contribution in [0.2, 0.25) is 0 Å². The van der Waals surface area contributed by atoms with Gasteiger partial charge in [-0.3, -0.25) is 4.79 Å². The summed E-state index contributed by atoms with van der Waals surface area (Å²) in [5, 5.41) is 0. The van der Waals surface area contributed by atoms with Crippen LogP contribution < -0.4 is 5.73 Å². The lowest BCUT2D eigenvalue weighted by Crippen LogP contribution is -2.43. The second-order valence-corrected chi connectivity index (χ2v) is 9.16. The van der Waals surface area contributed by atoms with Crippen LogP contribution in [0.25, 0.3) is 0 Å². The molecule has 1 amide bonds. The molecule has 1 saturated heterocycles. The zero-order valence-electron chi connectivity index (χ0n) is 10.4. The minimum Gasteiger partial charge on any atom is -0.369 e. The molecule has 0 radical (unpaired) electrons. The maximum Gasteiger partial charge on any atom is 0.252 e. The molecule has 1 aromatic heterocycles. The number of carbonyl (C=O) groups is 1. The van der Waals surface area contributed by atoms with Crippen molar-refractivity contribution in [2.75, 3.05) is 13.1 Å². The SMILES string of the molecule is Cc1cc(S(=O)(=O)N2CCCC(C(N)=O)C2)sc1Br.